The average molecular weight is 250 g/mol. The molecule has 0 saturated carbocycles. The van der Waals surface area contributed by atoms with E-state index in [0.29, 0.717) is 0 Å². The summed E-state index contributed by atoms with van der Waals surface area (Å²) >= 11 is 0. The molecular formula is C15H22O3. The highest BCUT2D eigenvalue weighted by Gasteiger charge is 2.29. The van der Waals surface area contributed by atoms with Crippen molar-refractivity contribution in [3.8, 4) is 0 Å². The molecule has 1 unspecified atom stereocenters. The third-order valence-corrected chi connectivity index (χ3v) is 3.16. The van der Waals surface area contributed by atoms with Crippen LogP contribution >= 0.6 is 0 Å². The molecule has 1 rings (SSSR count). The van der Waals surface area contributed by atoms with Gasteiger partial charge in [-0.15, -0.1) is 0 Å². The molecule has 0 aliphatic heterocycles. The highest BCUT2D eigenvalue weighted by atomic mass is 16.6. The maximum atomic E-state index is 11.4. The Hall–Kier alpha value is -1.35. The fraction of sp³-hybridized carbons (Fsp3) is 0.533. The van der Waals surface area contributed by atoms with Crippen LogP contribution in [0.4, 0.5) is 0 Å². The molecule has 3 heteroatoms. The molecule has 18 heavy (non-hydrogen) atoms. The first-order chi connectivity index (χ1) is 8.50. The number of esters is 1. The average Bonchev–Trinajstić information content (AvgIpc) is 2.38. The lowest BCUT2D eigenvalue weighted by molar-refractivity contribution is -0.164. The van der Waals surface area contributed by atoms with Crippen LogP contribution in [0.15, 0.2) is 30.3 Å². The molecule has 0 aliphatic rings. The van der Waals surface area contributed by atoms with Gasteiger partial charge in [-0.25, -0.2) is 4.79 Å². The SMILES string of the molecule is CCC(C)(Cc1ccccc1)O[C@@H](C)C(=O)OC. The Bertz CT molecular complexity index is 375. The van der Waals surface area contributed by atoms with Crippen LogP contribution < -0.4 is 0 Å². The molecule has 0 spiro atoms. The van der Waals surface area contributed by atoms with E-state index in [2.05, 4.69) is 23.8 Å². The van der Waals surface area contributed by atoms with Gasteiger partial charge in [0.1, 0.15) is 0 Å². The summed E-state index contributed by atoms with van der Waals surface area (Å²) in [5, 5.41) is 0. The number of hydrogen-bond donors (Lipinski definition) is 0. The summed E-state index contributed by atoms with van der Waals surface area (Å²) in [5.74, 6) is -0.331. The lowest BCUT2D eigenvalue weighted by Gasteiger charge is -2.31. The van der Waals surface area contributed by atoms with Crippen LogP contribution in [-0.2, 0) is 20.7 Å². The summed E-state index contributed by atoms with van der Waals surface area (Å²) in [4.78, 5) is 11.4. The van der Waals surface area contributed by atoms with Crippen LogP contribution in [0, 0.1) is 0 Å². The zero-order chi connectivity index (χ0) is 13.6. The van der Waals surface area contributed by atoms with E-state index in [1.807, 2.05) is 25.1 Å². The number of carbonyl (C=O) groups excluding carboxylic acids is 1. The molecule has 0 fully saturated rings. The van der Waals surface area contributed by atoms with E-state index in [0.717, 1.165) is 12.8 Å². The van der Waals surface area contributed by atoms with E-state index in [1.165, 1.54) is 12.7 Å². The predicted molar refractivity (Wildman–Crippen MR) is 71.4 cm³/mol. The Morgan fingerprint density at radius 3 is 2.44 bits per heavy atom. The van der Waals surface area contributed by atoms with Crippen LogP contribution in [0.2, 0.25) is 0 Å². The Labute approximate surface area is 109 Å². The van der Waals surface area contributed by atoms with Crippen molar-refractivity contribution < 1.29 is 14.3 Å². The standard InChI is InChI=1S/C15H22O3/c1-5-15(3,18-12(2)14(16)17-4)11-13-9-7-6-8-10-13/h6-10,12H,5,11H2,1-4H3/t12-,15?/m0/s1. The summed E-state index contributed by atoms with van der Waals surface area (Å²) in [6.45, 7) is 5.82. The minimum atomic E-state index is -0.538. The van der Waals surface area contributed by atoms with Gasteiger partial charge in [0.2, 0.25) is 0 Å². The molecule has 0 aromatic heterocycles. The third-order valence-electron chi connectivity index (χ3n) is 3.16. The van der Waals surface area contributed by atoms with E-state index < -0.39 is 6.10 Å². The summed E-state index contributed by atoms with van der Waals surface area (Å²) in [7, 11) is 1.38. The van der Waals surface area contributed by atoms with Crippen molar-refractivity contribution in [2.75, 3.05) is 7.11 Å². The van der Waals surface area contributed by atoms with Crippen LogP contribution in [0.1, 0.15) is 32.8 Å². The number of carbonyl (C=O) groups is 1. The summed E-state index contributed by atoms with van der Waals surface area (Å²) < 4.78 is 10.6. The van der Waals surface area contributed by atoms with Crippen molar-refractivity contribution in [1.29, 1.82) is 0 Å². The van der Waals surface area contributed by atoms with Crippen molar-refractivity contribution in [1.82, 2.24) is 0 Å². The van der Waals surface area contributed by atoms with Gasteiger partial charge in [-0.2, -0.15) is 0 Å². The van der Waals surface area contributed by atoms with Gasteiger partial charge in [0.25, 0.3) is 0 Å². The molecule has 0 radical (unpaired) electrons. The number of methoxy groups -OCH3 is 1. The Kier molecular flexibility index (Phi) is 5.35. The Morgan fingerprint density at radius 1 is 1.33 bits per heavy atom. The highest BCUT2D eigenvalue weighted by Crippen LogP contribution is 2.23. The second-order valence-corrected chi connectivity index (χ2v) is 4.75. The van der Waals surface area contributed by atoms with Crippen LogP contribution in [0.5, 0.6) is 0 Å². The van der Waals surface area contributed by atoms with E-state index in [4.69, 9.17) is 4.74 Å². The summed E-state index contributed by atoms with van der Waals surface area (Å²) in [5.41, 5.74) is 0.855. The molecule has 0 saturated heterocycles. The first-order valence-electron chi connectivity index (χ1n) is 6.30. The monoisotopic (exact) mass is 250 g/mol. The molecule has 0 bridgehead atoms. The van der Waals surface area contributed by atoms with E-state index in [9.17, 15) is 4.79 Å². The number of ether oxygens (including phenoxy) is 2. The van der Waals surface area contributed by atoms with E-state index >= 15 is 0 Å². The van der Waals surface area contributed by atoms with Gasteiger partial charge in [0, 0.05) is 6.42 Å². The summed E-state index contributed by atoms with van der Waals surface area (Å²) in [6, 6.07) is 10.1. The predicted octanol–water partition coefficient (Wildman–Crippen LogP) is 2.98. The molecule has 1 aromatic carbocycles. The lowest BCUT2D eigenvalue weighted by Crippen LogP contribution is -2.38. The van der Waals surface area contributed by atoms with Gasteiger partial charge in [0.15, 0.2) is 6.10 Å². The van der Waals surface area contributed by atoms with E-state index in [-0.39, 0.29) is 11.6 Å². The molecule has 100 valence electrons. The summed E-state index contributed by atoms with van der Waals surface area (Å²) in [6.07, 6.45) is 1.08. The molecular weight excluding hydrogens is 228 g/mol. The number of benzene rings is 1. The fourth-order valence-corrected chi connectivity index (χ4v) is 1.92. The minimum Gasteiger partial charge on any atom is -0.467 e. The van der Waals surface area contributed by atoms with Crippen molar-refractivity contribution in [2.24, 2.45) is 0 Å². The maximum absolute atomic E-state index is 11.4. The minimum absolute atomic E-state index is 0.331. The zero-order valence-electron chi connectivity index (χ0n) is 11.6. The van der Waals surface area contributed by atoms with Crippen molar-refractivity contribution in [2.45, 2.75) is 45.3 Å². The quantitative estimate of drug-likeness (QED) is 0.728. The van der Waals surface area contributed by atoms with Gasteiger partial charge in [0.05, 0.1) is 12.7 Å². The molecule has 3 nitrogen and oxygen atoms in total. The third kappa shape index (κ3) is 4.15. The zero-order valence-corrected chi connectivity index (χ0v) is 11.6. The lowest BCUT2D eigenvalue weighted by atomic mass is 9.93. The first-order valence-corrected chi connectivity index (χ1v) is 6.30. The molecule has 0 amide bonds. The molecule has 0 aliphatic carbocycles. The normalized spacial score (nSPS) is 15.8. The van der Waals surface area contributed by atoms with Crippen molar-refractivity contribution >= 4 is 5.97 Å². The molecule has 0 N–H and O–H groups in total. The van der Waals surface area contributed by atoms with Gasteiger partial charge >= 0.3 is 5.97 Å². The maximum Gasteiger partial charge on any atom is 0.334 e. The molecule has 2 atom stereocenters. The second-order valence-electron chi connectivity index (χ2n) is 4.75. The van der Waals surface area contributed by atoms with Gasteiger partial charge < -0.3 is 9.47 Å². The fourth-order valence-electron chi connectivity index (χ4n) is 1.92. The largest absolute Gasteiger partial charge is 0.467 e. The molecule has 0 heterocycles. The molecule has 1 aromatic rings. The van der Waals surface area contributed by atoms with E-state index in [1.54, 1.807) is 6.92 Å². The van der Waals surface area contributed by atoms with Crippen molar-refractivity contribution in [3.05, 3.63) is 35.9 Å². The van der Waals surface area contributed by atoms with Crippen molar-refractivity contribution in [3.63, 3.8) is 0 Å². The topological polar surface area (TPSA) is 35.5 Å². The number of hydrogen-bond acceptors (Lipinski definition) is 3. The van der Waals surface area contributed by atoms with Gasteiger partial charge in [-0.3, -0.25) is 0 Å². The smallest absolute Gasteiger partial charge is 0.334 e. The van der Waals surface area contributed by atoms with Gasteiger partial charge in [-0.05, 0) is 25.8 Å². The van der Waals surface area contributed by atoms with Gasteiger partial charge in [-0.1, -0.05) is 37.3 Å². The Balaban J connectivity index is 2.70. The van der Waals surface area contributed by atoms with Crippen LogP contribution in [0.3, 0.4) is 0 Å². The highest BCUT2D eigenvalue weighted by molar-refractivity contribution is 5.74. The first kappa shape index (κ1) is 14.7. The Morgan fingerprint density at radius 2 is 1.94 bits per heavy atom. The van der Waals surface area contributed by atoms with Crippen LogP contribution in [0.25, 0.3) is 0 Å². The van der Waals surface area contributed by atoms with Crippen LogP contribution in [-0.4, -0.2) is 24.8 Å². The number of rotatable bonds is 6. The second kappa shape index (κ2) is 6.55.